The largest absolute Gasteiger partial charge is 0.408 e. The lowest BCUT2D eigenvalue weighted by molar-refractivity contribution is 0.0803. The predicted octanol–water partition coefficient (Wildman–Crippen LogP) is 3.50. The van der Waals surface area contributed by atoms with E-state index in [1.807, 2.05) is 24.3 Å². The topological polar surface area (TPSA) is 71.6 Å². The van der Waals surface area contributed by atoms with Crippen LogP contribution in [0.4, 0.5) is 0 Å². The van der Waals surface area contributed by atoms with Crippen LogP contribution >= 0.6 is 35.2 Å². The number of rotatable bonds is 4. The minimum atomic E-state index is -2.85. The maximum absolute atomic E-state index is 11.7. The van der Waals surface area contributed by atoms with Gasteiger partial charge in [0.25, 0.3) is 10.7 Å². The molecular weight excluding hydrogens is 464 g/mol. The molecule has 1 aromatic carbocycles. The van der Waals surface area contributed by atoms with Gasteiger partial charge < -0.3 is 4.42 Å². The molecule has 0 bridgehead atoms. The highest BCUT2D eigenvalue weighted by Crippen LogP contribution is 2.41. The van der Waals surface area contributed by atoms with Crippen LogP contribution in [0.5, 0.6) is 0 Å². The molecule has 2 aromatic heterocycles. The van der Waals surface area contributed by atoms with Crippen LogP contribution in [0, 0.1) is 4.84 Å². The highest BCUT2D eigenvalue weighted by Gasteiger charge is 2.33. The highest BCUT2D eigenvalue weighted by atomic mass is 35.5. The van der Waals surface area contributed by atoms with Crippen molar-refractivity contribution >= 4 is 55.1 Å². The van der Waals surface area contributed by atoms with Crippen LogP contribution in [0.3, 0.4) is 0 Å². The van der Waals surface area contributed by atoms with Crippen molar-refractivity contribution in [2.45, 2.75) is 19.1 Å². The summed E-state index contributed by atoms with van der Waals surface area (Å²) in [5.74, 6) is 1.05. The normalized spacial score (nSPS) is 22.8. The molecule has 160 valence electrons. The van der Waals surface area contributed by atoms with Gasteiger partial charge in [-0.3, -0.25) is 9.80 Å². The fraction of sp³-hybridized carbons (Fsp3) is 0.474. The van der Waals surface area contributed by atoms with Gasteiger partial charge in [-0.25, -0.2) is 13.1 Å². The standard InChI is InChI=1S/C19H21ClN4O3S3/c20-16-14-3-1-2-4-15(14)29-17(16)18-21-24(19(28)27-18)12-22-6-8-23(9-7-22)13-5-10-30(25,26)11-13/h1-4,13H,5-12H2/t13-/m0/s1. The summed E-state index contributed by atoms with van der Waals surface area (Å²) in [5, 5.41) is 6.21. The van der Waals surface area contributed by atoms with E-state index in [0.29, 0.717) is 33.9 Å². The highest BCUT2D eigenvalue weighted by molar-refractivity contribution is 7.91. The summed E-state index contributed by atoms with van der Waals surface area (Å²) in [5.41, 5.74) is 0. The van der Waals surface area contributed by atoms with Crippen LogP contribution in [0.15, 0.2) is 28.7 Å². The molecule has 0 unspecified atom stereocenters. The zero-order valence-electron chi connectivity index (χ0n) is 16.2. The average Bonchev–Trinajstić information content (AvgIpc) is 3.38. The van der Waals surface area contributed by atoms with Gasteiger partial charge in [0.1, 0.15) is 4.88 Å². The van der Waals surface area contributed by atoms with Crippen LogP contribution in [0.2, 0.25) is 5.02 Å². The first kappa shape index (κ1) is 20.6. The van der Waals surface area contributed by atoms with E-state index in [1.54, 1.807) is 16.0 Å². The zero-order valence-corrected chi connectivity index (χ0v) is 19.4. The van der Waals surface area contributed by atoms with E-state index in [0.717, 1.165) is 47.6 Å². The molecule has 11 heteroatoms. The van der Waals surface area contributed by atoms with Crippen molar-refractivity contribution in [2.75, 3.05) is 37.7 Å². The molecule has 0 saturated carbocycles. The third kappa shape index (κ3) is 3.96. The van der Waals surface area contributed by atoms with Crippen molar-refractivity contribution < 1.29 is 12.8 Å². The first-order chi connectivity index (χ1) is 14.4. The minimum Gasteiger partial charge on any atom is -0.408 e. The van der Waals surface area contributed by atoms with Crippen molar-refractivity contribution in [3.63, 3.8) is 0 Å². The van der Waals surface area contributed by atoms with Crippen LogP contribution in [0.25, 0.3) is 20.9 Å². The molecule has 1 atom stereocenters. The van der Waals surface area contributed by atoms with Crippen molar-refractivity contribution in [3.8, 4) is 10.8 Å². The molecule has 0 aliphatic carbocycles. The van der Waals surface area contributed by atoms with E-state index in [9.17, 15) is 8.42 Å². The fourth-order valence-corrected chi connectivity index (χ4v) is 7.53. The number of hydrogen-bond acceptors (Lipinski definition) is 8. The van der Waals surface area contributed by atoms with Gasteiger partial charge in [0.05, 0.1) is 23.2 Å². The summed E-state index contributed by atoms with van der Waals surface area (Å²) >= 11 is 13.5. The quantitative estimate of drug-likeness (QED) is 0.525. The second-order valence-corrected chi connectivity index (χ2v) is 11.8. The number of thiophene rings is 1. The first-order valence-electron chi connectivity index (χ1n) is 9.82. The van der Waals surface area contributed by atoms with Gasteiger partial charge in [0.15, 0.2) is 9.84 Å². The Morgan fingerprint density at radius 2 is 2.00 bits per heavy atom. The summed E-state index contributed by atoms with van der Waals surface area (Å²) in [4.78, 5) is 5.66. The summed E-state index contributed by atoms with van der Waals surface area (Å²) in [6.45, 7) is 3.91. The second kappa shape index (κ2) is 7.99. The summed E-state index contributed by atoms with van der Waals surface area (Å²) in [6.07, 6.45) is 0.746. The van der Waals surface area contributed by atoms with E-state index in [1.165, 1.54) is 0 Å². The predicted molar refractivity (Wildman–Crippen MR) is 121 cm³/mol. The molecule has 2 aliphatic heterocycles. The average molecular weight is 485 g/mol. The monoisotopic (exact) mass is 484 g/mol. The van der Waals surface area contributed by atoms with E-state index in [2.05, 4.69) is 14.9 Å². The van der Waals surface area contributed by atoms with Gasteiger partial charge in [-0.1, -0.05) is 29.8 Å². The second-order valence-electron chi connectivity index (χ2n) is 7.77. The molecule has 2 aliphatic rings. The Labute approximate surface area is 188 Å². The first-order valence-corrected chi connectivity index (χ1v) is 13.2. The molecule has 0 N–H and O–H groups in total. The van der Waals surface area contributed by atoms with Gasteiger partial charge in [0, 0.05) is 42.3 Å². The smallest absolute Gasteiger partial charge is 0.288 e. The Hall–Kier alpha value is -1.30. The number of hydrogen-bond donors (Lipinski definition) is 0. The van der Waals surface area contributed by atoms with Crippen LogP contribution in [-0.4, -0.2) is 71.7 Å². The van der Waals surface area contributed by atoms with Crippen molar-refractivity contribution in [1.29, 1.82) is 0 Å². The Bertz CT molecular complexity index is 1240. The molecule has 7 nitrogen and oxygen atoms in total. The molecule has 2 saturated heterocycles. The molecule has 30 heavy (non-hydrogen) atoms. The van der Waals surface area contributed by atoms with Gasteiger partial charge in [0.2, 0.25) is 0 Å². The third-order valence-electron chi connectivity index (χ3n) is 5.80. The fourth-order valence-electron chi connectivity index (χ4n) is 4.16. The Morgan fingerprint density at radius 1 is 1.23 bits per heavy atom. The lowest BCUT2D eigenvalue weighted by atomic mass is 10.2. The van der Waals surface area contributed by atoms with Crippen LogP contribution in [-0.2, 0) is 16.5 Å². The van der Waals surface area contributed by atoms with E-state index in [-0.39, 0.29) is 6.04 Å². The lowest BCUT2D eigenvalue weighted by Crippen LogP contribution is -2.50. The van der Waals surface area contributed by atoms with Crippen LogP contribution in [0.1, 0.15) is 6.42 Å². The van der Waals surface area contributed by atoms with Gasteiger partial charge >= 0.3 is 0 Å². The lowest BCUT2D eigenvalue weighted by Gasteiger charge is -2.37. The van der Waals surface area contributed by atoms with E-state index >= 15 is 0 Å². The number of fused-ring (bicyclic) bond motifs is 1. The molecule has 0 amide bonds. The summed E-state index contributed by atoms with van der Waals surface area (Å²) < 4.78 is 32.0. The Morgan fingerprint density at radius 3 is 2.70 bits per heavy atom. The molecule has 5 rings (SSSR count). The maximum atomic E-state index is 11.7. The van der Waals surface area contributed by atoms with E-state index < -0.39 is 9.84 Å². The summed E-state index contributed by atoms with van der Waals surface area (Å²) in [6, 6.07) is 8.11. The molecular formula is C19H21ClN4O3S3. The molecule has 2 fully saturated rings. The van der Waals surface area contributed by atoms with Crippen molar-refractivity contribution in [3.05, 3.63) is 34.1 Å². The molecule has 4 heterocycles. The number of aromatic nitrogens is 2. The SMILES string of the molecule is O=S1(=O)CC[C@H](N2CCN(Cn3nc(-c4sc5ccccc5c4Cl)oc3=S)CC2)C1. The number of sulfone groups is 1. The maximum Gasteiger partial charge on any atom is 0.288 e. The van der Waals surface area contributed by atoms with E-state index in [4.69, 9.17) is 28.2 Å². The molecule has 0 radical (unpaired) electrons. The minimum absolute atomic E-state index is 0.160. The number of halogens is 1. The van der Waals surface area contributed by atoms with Gasteiger partial charge in [-0.15, -0.1) is 16.4 Å². The zero-order chi connectivity index (χ0) is 20.9. The summed E-state index contributed by atoms with van der Waals surface area (Å²) in [7, 11) is -2.85. The van der Waals surface area contributed by atoms with Crippen LogP contribution < -0.4 is 0 Å². The molecule has 0 spiro atoms. The Balaban J connectivity index is 1.27. The number of nitrogens with zero attached hydrogens (tertiary/aromatic N) is 4. The molecule has 3 aromatic rings. The van der Waals surface area contributed by atoms with Crippen molar-refractivity contribution in [1.82, 2.24) is 19.6 Å². The number of benzene rings is 1. The van der Waals surface area contributed by atoms with Gasteiger partial charge in [-0.2, -0.15) is 0 Å². The van der Waals surface area contributed by atoms with Crippen molar-refractivity contribution in [2.24, 2.45) is 0 Å². The number of piperazine rings is 1. The third-order valence-corrected chi connectivity index (χ3v) is 9.51. The van der Waals surface area contributed by atoms with Gasteiger partial charge in [-0.05, 0) is 24.7 Å². The Kier molecular flexibility index (Phi) is 5.49.